The molecule has 36 heavy (non-hydrogen) atoms. The minimum Gasteiger partial charge on any atom is -0.491 e. The zero-order valence-electron chi connectivity index (χ0n) is 22.1. The van der Waals surface area contributed by atoms with E-state index in [1.165, 1.54) is 12.8 Å². The van der Waals surface area contributed by atoms with Crippen molar-refractivity contribution in [3.05, 3.63) is 54.4 Å². The minimum atomic E-state index is -0.169. The SMILES string of the molecule is C=C1C(=O)N(c2ccc(N(CCC)CCCCC)nc2)C/C1=N/C(=C\C)c1cnc(OC)c(OC)c1. The van der Waals surface area contributed by atoms with E-state index in [0.29, 0.717) is 35.2 Å². The fraction of sp³-hybridized carbons (Fsp3) is 0.429. The topological polar surface area (TPSA) is 80.2 Å². The molecule has 8 nitrogen and oxygen atoms in total. The minimum absolute atomic E-state index is 0.169. The summed E-state index contributed by atoms with van der Waals surface area (Å²) in [5.41, 5.74) is 3.14. The first-order valence-electron chi connectivity index (χ1n) is 12.5. The molecule has 8 heteroatoms. The van der Waals surface area contributed by atoms with E-state index in [4.69, 9.17) is 14.5 Å². The molecule has 0 atom stereocenters. The Morgan fingerprint density at radius 3 is 2.56 bits per heavy atom. The Bertz CT molecular complexity index is 1120. The van der Waals surface area contributed by atoms with Crippen LogP contribution >= 0.6 is 0 Å². The van der Waals surface area contributed by atoms with Crippen LogP contribution < -0.4 is 19.3 Å². The zero-order chi connectivity index (χ0) is 26.1. The second-order valence-corrected chi connectivity index (χ2v) is 8.61. The first kappa shape index (κ1) is 26.9. The summed E-state index contributed by atoms with van der Waals surface area (Å²) in [7, 11) is 3.10. The van der Waals surface area contributed by atoms with Gasteiger partial charge in [0.2, 0.25) is 0 Å². The third-order valence-corrected chi connectivity index (χ3v) is 6.11. The van der Waals surface area contributed by atoms with Crippen LogP contribution in [0.2, 0.25) is 0 Å². The van der Waals surface area contributed by atoms with E-state index in [1.807, 2.05) is 31.2 Å². The van der Waals surface area contributed by atoms with Gasteiger partial charge in [-0.05, 0) is 38.0 Å². The van der Waals surface area contributed by atoms with Gasteiger partial charge in [0.05, 0.1) is 49.6 Å². The number of hydrogen-bond acceptors (Lipinski definition) is 7. The number of rotatable bonds is 12. The molecule has 1 fully saturated rings. The number of unbranched alkanes of at least 4 members (excludes halogenated alkanes) is 2. The van der Waals surface area contributed by atoms with Crippen molar-refractivity contribution < 1.29 is 14.3 Å². The van der Waals surface area contributed by atoms with Crippen molar-refractivity contribution in [3.63, 3.8) is 0 Å². The monoisotopic (exact) mass is 491 g/mol. The Balaban J connectivity index is 1.80. The average molecular weight is 492 g/mol. The quantitative estimate of drug-likeness (QED) is 0.296. The molecule has 1 aliphatic rings. The highest BCUT2D eigenvalue weighted by Crippen LogP contribution is 2.30. The molecular weight excluding hydrogens is 454 g/mol. The summed E-state index contributed by atoms with van der Waals surface area (Å²) in [6.07, 6.45) is 9.90. The van der Waals surface area contributed by atoms with E-state index in [9.17, 15) is 4.79 Å². The molecule has 192 valence electrons. The lowest BCUT2D eigenvalue weighted by Crippen LogP contribution is -2.27. The number of aliphatic imine (C=N–C) groups is 1. The van der Waals surface area contributed by atoms with Gasteiger partial charge in [0.15, 0.2) is 5.75 Å². The number of carbonyl (C=O) groups excluding carboxylic acids is 1. The van der Waals surface area contributed by atoms with Crippen LogP contribution in [-0.4, -0.2) is 55.4 Å². The van der Waals surface area contributed by atoms with Crippen molar-refractivity contribution in [2.24, 2.45) is 4.99 Å². The molecule has 0 aromatic carbocycles. The van der Waals surface area contributed by atoms with Gasteiger partial charge in [-0.1, -0.05) is 39.3 Å². The van der Waals surface area contributed by atoms with Crippen LogP contribution in [0.5, 0.6) is 11.6 Å². The summed E-state index contributed by atoms with van der Waals surface area (Å²) >= 11 is 0. The van der Waals surface area contributed by atoms with E-state index in [2.05, 4.69) is 35.3 Å². The van der Waals surface area contributed by atoms with Crippen LogP contribution in [-0.2, 0) is 4.79 Å². The number of hydrogen-bond donors (Lipinski definition) is 0. The summed E-state index contributed by atoms with van der Waals surface area (Å²) < 4.78 is 10.6. The molecule has 0 N–H and O–H groups in total. The molecule has 1 amide bonds. The molecule has 0 radical (unpaired) electrons. The van der Waals surface area contributed by atoms with Gasteiger partial charge >= 0.3 is 0 Å². The molecule has 1 aliphatic heterocycles. The van der Waals surface area contributed by atoms with E-state index in [-0.39, 0.29) is 5.91 Å². The molecule has 0 aliphatic carbocycles. The van der Waals surface area contributed by atoms with Crippen LogP contribution in [0.1, 0.15) is 52.0 Å². The zero-order valence-corrected chi connectivity index (χ0v) is 22.1. The molecule has 0 bridgehead atoms. The Morgan fingerprint density at radius 2 is 1.94 bits per heavy atom. The largest absolute Gasteiger partial charge is 0.491 e. The van der Waals surface area contributed by atoms with E-state index in [0.717, 1.165) is 43.0 Å². The Hall–Kier alpha value is -3.68. The van der Waals surface area contributed by atoms with Crippen molar-refractivity contribution in [2.75, 3.05) is 43.7 Å². The molecular formula is C28H37N5O3. The summed E-state index contributed by atoms with van der Waals surface area (Å²) in [5.74, 6) is 1.68. The number of allylic oxidation sites excluding steroid dienone is 1. The molecule has 0 unspecified atom stereocenters. The highest BCUT2D eigenvalue weighted by molar-refractivity contribution is 6.33. The number of nitrogens with zero attached hydrogens (tertiary/aromatic N) is 5. The number of anilines is 2. The second kappa shape index (κ2) is 12.9. The Labute approximate surface area is 214 Å². The molecule has 2 aromatic heterocycles. The maximum atomic E-state index is 13.0. The second-order valence-electron chi connectivity index (χ2n) is 8.61. The van der Waals surface area contributed by atoms with E-state index >= 15 is 0 Å². The van der Waals surface area contributed by atoms with E-state index < -0.39 is 0 Å². The molecule has 3 heterocycles. The van der Waals surface area contributed by atoms with Crippen molar-refractivity contribution in [1.82, 2.24) is 9.97 Å². The smallest absolute Gasteiger partial charge is 0.260 e. The number of ether oxygens (including phenoxy) is 2. The molecule has 3 rings (SSSR count). The van der Waals surface area contributed by atoms with Gasteiger partial charge in [-0.15, -0.1) is 0 Å². The lowest BCUT2D eigenvalue weighted by atomic mass is 10.1. The third-order valence-electron chi connectivity index (χ3n) is 6.11. The van der Waals surface area contributed by atoms with Crippen LogP contribution in [0.4, 0.5) is 11.5 Å². The highest BCUT2D eigenvalue weighted by Gasteiger charge is 2.32. The highest BCUT2D eigenvalue weighted by atomic mass is 16.5. The van der Waals surface area contributed by atoms with Gasteiger partial charge in [-0.2, -0.15) is 0 Å². The number of aromatic nitrogens is 2. The summed E-state index contributed by atoms with van der Waals surface area (Å²) in [5, 5.41) is 0. The van der Waals surface area contributed by atoms with Gasteiger partial charge in [-0.3, -0.25) is 9.79 Å². The van der Waals surface area contributed by atoms with E-state index in [1.54, 1.807) is 31.5 Å². The lowest BCUT2D eigenvalue weighted by molar-refractivity contribution is -0.114. The van der Waals surface area contributed by atoms with Crippen LogP contribution in [0.3, 0.4) is 0 Å². The first-order valence-corrected chi connectivity index (χ1v) is 12.5. The molecule has 1 saturated heterocycles. The molecule has 0 spiro atoms. The Morgan fingerprint density at radius 1 is 1.14 bits per heavy atom. The van der Waals surface area contributed by atoms with Crippen molar-refractivity contribution >= 4 is 28.8 Å². The van der Waals surface area contributed by atoms with Crippen molar-refractivity contribution in [3.8, 4) is 11.6 Å². The number of carbonyl (C=O) groups is 1. The predicted octanol–water partition coefficient (Wildman–Crippen LogP) is 5.31. The van der Waals surface area contributed by atoms with Gasteiger partial charge in [-0.25, -0.2) is 9.97 Å². The summed E-state index contributed by atoms with van der Waals surface area (Å²) in [6.45, 7) is 12.6. The fourth-order valence-corrected chi connectivity index (χ4v) is 4.12. The fourth-order valence-electron chi connectivity index (χ4n) is 4.12. The van der Waals surface area contributed by atoms with Crippen molar-refractivity contribution in [1.29, 1.82) is 0 Å². The number of pyridine rings is 2. The molecule has 0 saturated carbocycles. The van der Waals surface area contributed by atoms with Crippen LogP contribution in [0, 0.1) is 0 Å². The summed E-state index contributed by atoms with van der Waals surface area (Å²) in [4.78, 5) is 30.8. The van der Waals surface area contributed by atoms with Gasteiger partial charge in [0, 0.05) is 24.8 Å². The van der Waals surface area contributed by atoms with Gasteiger partial charge in [0.25, 0.3) is 11.8 Å². The average Bonchev–Trinajstić information content (AvgIpc) is 3.19. The lowest BCUT2D eigenvalue weighted by Gasteiger charge is -2.24. The summed E-state index contributed by atoms with van der Waals surface area (Å²) in [6, 6.07) is 5.76. The third kappa shape index (κ3) is 6.11. The van der Waals surface area contributed by atoms with Crippen molar-refractivity contribution in [2.45, 2.75) is 46.5 Å². The van der Waals surface area contributed by atoms with Gasteiger partial charge in [0.1, 0.15) is 5.82 Å². The maximum Gasteiger partial charge on any atom is 0.260 e. The van der Waals surface area contributed by atoms with Gasteiger partial charge < -0.3 is 19.3 Å². The standard InChI is InChI=1S/C28H37N5O3/c1-7-10-11-15-32(14-8-2)26-13-12-22(18-29-26)33-19-24(20(4)28(33)34)31-23(9-3)21-16-25(35-5)27(36-6)30-17-21/h9,12-13,16-18H,4,7-8,10-11,14-15,19H2,1-3,5-6H3/b23-9-,31-24-. The first-order chi connectivity index (χ1) is 17.5. The maximum absolute atomic E-state index is 13.0. The van der Waals surface area contributed by atoms with Crippen LogP contribution in [0.15, 0.2) is 53.8 Å². The predicted molar refractivity (Wildman–Crippen MR) is 146 cm³/mol. The molecule has 2 aromatic rings. The number of amides is 1. The Kier molecular flexibility index (Phi) is 9.61. The number of methoxy groups -OCH3 is 2. The normalized spacial score (nSPS) is 15.1. The van der Waals surface area contributed by atoms with Crippen LogP contribution in [0.25, 0.3) is 5.70 Å².